The van der Waals surface area contributed by atoms with Gasteiger partial charge in [-0.2, -0.15) is 0 Å². The first-order chi connectivity index (χ1) is 11.0. The molecule has 0 aliphatic carbocycles. The van der Waals surface area contributed by atoms with Gasteiger partial charge in [0.25, 0.3) is 5.91 Å². The van der Waals surface area contributed by atoms with Crippen molar-refractivity contribution < 1.29 is 9.18 Å². The Hall–Kier alpha value is -2.05. The van der Waals surface area contributed by atoms with E-state index in [9.17, 15) is 9.18 Å². The number of halogens is 2. The van der Waals surface area contributed by atoms with Gasteiger partial charge in [-0.3, -0.25) is 9.78 Å². The fourth-order valence-corrected chi connectivity index (χ4v) is 2.61. The van der Waals surface area contributed by atoms with E-state index in [1.807, 2.05) is 7.05 Å². The van der Waals surface area contributed by atoms with Gasteiger partial charge in [0.2, 0.25) is 0 Å². The molecule has 3 heterocycles. The Morgan fingerprint density at radius 2 is 1.91 bits per heavy atom. The predicted octanol–water partition coefficient (Wildman–Crippen LogP) is 2.32. The van der Waals surface area contributed by atoms with Crippen molar-refractivity contribution in [2.24, 2.45) is 0 Å². The summed E-state index contributed by atoms with van der Waals surface area (Å²) in [5, 5.41) is 0.0908. The molecule has 120 valence electrons. The number of amides is 1. The molecular weight excluding hydrogens is 319 g/mol. The molecule has 0 spiro atoms. The normalized spacial score (nSPS) is 15.7. The molecule has 5 nitrogen and oxygen atoms in total. The summed E-state index contributed by atoms with van der Waals surface area (Å²) < 4.78 is 13.9. The number of carbonyl (C=O) groups is 1. The molecule has 0 aromatic carbocycles. The van der Waals surface area contributed by atoms with Gasteiger partial charge in [0.05, 0.1) is 16.8 Å². The molecule has 0 N–H and O–H groups in total. The lowest BCUT2D eigenvalue weighted by atomic mass is 10.1. The van der Waals surface area contributed by atoms with Crippen LogP contribution >= 0.6 is 11.6 Å². The van der Waals surface area contributed by atoms with Crippen LogP contribution in [-0.2, 0) is 0 Å². The van der Waals surface area contributed by atoms with Crippen LogP contribution in [0.4, 0.5) is 4.39 Å². The highest BCUT2D eigenvalue weighted by Gasteiger charge is 2.20. The van der Waals surface area contributed by atoms with Crippen molar-refractivity contribution in [2.45, 2.75) is 0 Å². The second-order valence-corrected chi connectivity index (χ2v) is 5.90. The van der Waals surface area contributed by atoms with Crippen molar-refractivity contribution in [3.8, 4) is 11.3 Å². The minimum atomic E-state index is -0.490. The van der Waals surface area contributed by atoms with Gasteiger partial charge in [0, 0.05) is 44.6 Å². The molecule has 23 heavy (non-hydrogen) atoms. The van der Waals surface area contributed by atoms with Gasteiger partial charge >= 0.3 is 0 Å². The maximum atomic E-state index is 13.9. The van der Waals surface area contributed by atoms with Gasteiger partial charge in [-0.15, -0.1) is 0 Å². The van der Waals surface area contributed by atoms with Crippen LogP contribution in [0.5, 0.6) is 0 Å². The summed E-state index contributed by atoms with van der Waals surface area (Å²) in [6.07, 6.45) is 2.81. The monoisotopic (exact) mass is 334 g/mol. The molecule has 1 aliphatic heterocycles. The second-order valence-electron chi connectivity index (χ2n) is 5.51. The van der Waals surface area contributed by atoms with Crippen LogP contribution in [-0.4, -0.2) is 58.9 Å². The minimum absolute atomic E-state index is 0.0492. The van der Waals surface area contributed by atoms with Crippen molar-refractivity contribution in [3.63, 3.8) is 0 Å². The Morgan fingerprint density at radius 3 is 2.52 bits per heavy atom. The van der Waals surface area contributed by atoms with Gasteiger partial charge in [0.1, 0.15) is 11.0 Å². The SMILES string of the molecule is CN1CCN(C(=O)c2ccc(-c3cnc(Cl)cc3F)nc2)CC1. The smallest absolute Gasteiger partial charge is 0.255 e. The van der Waals surface area contributed by atoms with Crippen LogP contribution in [0.1, 0.15) is 10.4 Å². The van der Waals surface area contributed by atoms with Gasteiger partial charge in [0.15, 0.2) is 0 Å². The molecule has 0 radical (unpaired) electrons. The molecule has 2 aromatic heterocycles. The number of hydrogen-bond donors (Lipinski definition) is 0. The third-order valence-corrected chi connectivity index (χ3v) is 4.10. The summed E-state index contributed by atoms with van der Waals surface area (Å²) in [7, 11) is 2.03. The maximum absolute atomic E-state index is 13.9. The van der Waals surface area contributed by atoms with Crippen molar-refractivity contribution in [1.29, 1.82) is 0 Å². The number of pyridine rings is 2. The Kier molecular flexibility index (Phi) is 4.54. The van der Waals surface area contributed by atoms with Gasteiger partial charge in [-0.25, -0.2) is 9.37 Å². The largest absolute Gasteiger partial charge is 0.336 e. The fourth-order valence-electron chi connectivity index (χ4n) is 2.47. The maximum Gasteiger partial charge on any atom is 0.255 e. The summed E-state index contributed by atoms with van der Waals surface area (Å²) in [5.74, 6) is -0.539. The Bertz CT molecular complexity index is 715. The first kappa shape index (κ1) is 15.8. The van der Waals surface area contributed by atoms with E-state index in [4.69, 9.17) is 11.6 Å². The van der Waals surface area contributed by atoms with E-state index in [-0.39, 0.29) is 16.6 Å². The fraction of sp³-hybridized carbons (Fsp3) is 0.312. The minimum Gasteiger partial charge on any atom is -0.336 e. The summed E-state index contributed by atoms with van der Waals surface area (Å²) in [5.41, 5.74) is 1.18. The number of rotatable bonds is 2. The number of hydrogen-bond acceptors (Lipinski definition) is 4. The zero-order valence-corrected chi connectivity index (χ0v) is 13.4. The number of piperazine rings is 1. The number of aromatic nitrogens is 2. The van der Waals surface area contributed by atoms with Crippen LogP contribution < -0.4 is 0 Å². The van der Waals surface area contributed by atoms with E-state index < -0.39 is 5.82 Å². The van der Waals surface area contributed by atoms with Crippen molar-refractivity contribution in [2.75, 3.05) is 33.2 Å². The quantitative estimate of drug-likeness (QED) is 0.791. The Balaban J connectivity index is 1.78. The average molecular weight is 335 g/mol. The summed E-state index contributed by atoms with van der Waals surface area (Å²) in [4.78, 5) is 24.5. The third kappa shape index (κ3) is 3.48. The topological polar surface area (TPSA) is 49.3 Å². The lowest BCUT2D eigenvalue weighted by Gasteiger charge is -2.32. The molecule has 0 bridgehead atoms. The molecule has 1 aliphatic rings. The predicted molar refractivity (Wildman–Crippen MR) is 85.8 cm³/mol. The molecule has 0 unspecified atom stereocenters. The van der Waals surface area contributed by atoms with Crippen molar-refractivity contribution in [1.82, 2.24) is 19.8 Å². The van der Waals surface area contributed by atoms with E-state index in [2.05, 4.69) is 14.9 Å². The molecule has 1 amide bonds. The van der Waals surface area contributed by atoms with E-state index >= 15 is 0 Å². The number of carbonyl (C=O) groups excluding carboxylic acids is 1. The Labute approximate surface area is 138 Å². The van der Waals surface area contributed by atoms with Gasteiger partial charge < -0.3 is 9.80 Å². The third-order valence-electron chi connectivity index (χ3n) is 3.90. The molecule has 0 saturated carbocycles. The lowest BCUT2D eigenvalue weighted by Crippen LogP contribution is -2.47. The van der Waals surface area contributed by atoms with Crippen molar-refractivity contribution in [3.05, 3.63) is 47.1 Å². The second kappa shape index (κ2) is 6.60. The highest BCUT2D eigenvalue weighted by Crippen LogP contribution is 2.22. The molecule has 1 saturated heterocycles. The summed E-state index contributed by atoms with van der Waals surface area (Å²) in [6.45, 7) is 3.12. The zero-order valence-electron chi connectivity index (χ0n) is 12.7. The van der Waals surface area contributed by atoms with Crippen LogP contribution in [0, 0.1) is 5.82 Å². The molecule has 0 atom stereocenters. The van der Waals surface area contributed by atoms with E-state index in [1.54, 1.807) is 17.0 Å². The standard InChI is InChI=1S/C16H16ClFN4O/c1-21-4-6-22(7-5-21)16(23)11-2-3-14(19-9-11)12-10-20-15(17)8-13(12)18/h2-3,8-10H,4-7H2,1H3. The first-order valence-electron chi connectivity index (χ1n) is 7.30. The molecule has 7 heteroatoms. The van der Waals surface area contributed by atoms with E-state index in [0.717, 1.165) is 19.2 Å². The van der Waals surface area contributed by atoms with Gasteiger partial charge in [-0.1, -0.05) is 11.6 Å². The average Bonchev–Trinajstić information content (AvgIpc) is 2.55. The van der Waals surface area contributed by atoms with Crippen LogP contribution in [0.2, 0.25) is 5.15 Å². The van der Waals surface area contributed by atoms with Crippen molar-refractivity contribution >= 4 is 17.5 Å². The molecule has 2 aromatic rings. The zero-order chi connectivity index (χ0) is 16.4. The van der Waals surface area contributed by atoms with Crippen LogP contribution in [0.15, 0.2) is 30.6 Å². The van der Waals surface area contributed by atoms with Crippen LogP contribution in [0.25, 0.3) is 11.3 Å². The van der Waals surface area contributed by atoms with Gasteiger partial charge in [-0.05, 0) is 19.2 Å². The van der Waals surface area contributed by atoms with E-state index in [1.165, 1.54) is 12.4 Å². The highest BCUT2D eigenvalue weighted by molar-refractivity contribution is 6.29. The summed E-state index contributed by atoms with van der Waals surface area (Å²) in [6, 6.07) is 4.43. The highest BCUT2D eigenvalue weighted by atomic mass is 35.5. The first-order valence-corrected chi connectivity index (χ1v) is 7.67. The molecule has 3 rings (SSSR count). The number of likely N-dealkylation sites (N-methyl/N-ethyl adjacent to an activating group) is 1. The van der Waals surface area contributed by atoms with Crippen LogP contribution in [0.3, 0.4) is 0 Å². The number of nitrogens with zero attached hydrogens (tertiary/aromatic N) is 4. The Morgan fingerprint density at radius 1 is 1.17 bits per heavy atom. The molecular formula is C16H16ClFN4O. The lowest BCUT2D eigenvalue weighted by molar-refractivity contribution is 0.0663. The molecule has 1 fully saturated rings. The van der Waals surface area contributed by atoms with E-state index in [0.29, 0.717) is 24.3 Å². The summed E-state index contributed by atoms with van der Waals surface area (Å²) >= 11 is 5.64.